The molecule has 0 radical (unpaired) electrons. The van der Waals surface area contributed by atoms with E-state index in [0.717, 1.165) is 7.11 Å². The van der Waals surface area contributed by atoms with Gasteiger partial charge in [0.25, 0.3) is 0 Å². The van der Waals surface area contributed by atoms with Gasteiger partial charge in [-0.2, -0.15) is 13.2 Å². The number of carbonyl (C=O) groups excluding carboxylic acids is 1. The maximum Gasteiger partial charge on any atom is 0.403 e. The van der Waals surface area contributed by atoms with Crippen molar-refractivity contribution in [2.24, 2.45) is 5.73 Å². The maximum absolute atomic E-state index is 12.2. The number of methoxy groups -OCH3 is 1. The van der Waals surface area contributed by atoms with E-state index < -0.39 is 24.2 Å². The first-order chi connectivity index (χ1) is 6.82. The Hall–Kier alpha value is -0.820. The highest BCUT2D eigenvalue weighted by atomic mass is 19.4. The summed E-state index contributed by atoms with van der Waals surface area (Å²) in [5, 5.41) is 2.12. The molecule has 7 heteroatoms. The van der Waals surface area contributed by atoms with Gasteiger partial charge in [-0.15, -0.1) is 0 Å². The second-order valence-electron chi connectivity index (χ2n) is 3.09. The number of rotatable bonds is 5. The fourth-order valence-electron chi connectivity index (χ4n) is 1.09. The maximum atomic E-state index is 12.2. The van der Waals surface area contributed by atoms with Crippen LogP contribution in [0.1, 0.15) is 12.8 Å². The first-order valence-corrected chi connectivity index (χ1v) is 4.40. The summed E-state index contributed by atoms with van der Waals surface area (Å²) in [6.45, 7) is 0. The Labute approximate surface area is 86.0 Å². The molecule has 0 heterocycles. The summed E-state index contributed by atoms with van der Waals surface area (Å²) < 4.78 is 41.0. The molecule has 0 aromatic rings. The summed E-state index contributed by atoms with van der Waals surface area (Å²) in [6, 6.07) is -2.65. The van der Waals surface area contributed by atoms with E-state index in [4.69, 9.17) is 5.73 Å². The zero-order chi connectivity index (χ0) is 12.1. The molecule has 3 N–H and O–H groups in total. The molecule has 90 valence electrons. The standard InChI is InChI=1S/C8H15F3N2O2/c1-13-6(8(9,10)11)4-3-5(12)7(14)15-2/h5-6,13H,3-4,12H2,1-2H3. The van der Waals surface area contributed by atoms with Crippen molar-refractivity contribution in [3.05, 3.63) is 0 Å². The van der Waals surface area contributed by atoms with Crippen molar-refractivity contribution in [3.8, 4) is 0 Å². The average molecular weight is 228 g/mol. The summed E-state index contributed by atoms with van der Waals surface area (Å²) in [5.41, 5.74) is 5.30. The van der Waals surface area contributed by atoms with Crippen molar-refractivity contribution in [2.75, 3.05) is 14.2 Å². The second-order valence-corrected chi connectivity index (χ2v) is 3.09. The van der Waals surface area contributed by atoms with Crippen molar-refractivity contribution < 1.29 is 22.7 Å². The number of hydrogen-bond donors (Lipinski definition) is 2. The van der Waals surface area contributed by atoms with E-state index in [-0.39, 0.29) is 12.8 Å². The summed E-state index contributed by atoms with van der Waals surface area (Å²) in [5.74, 6) is -0.702. The van der Waals surface area contributed by atoms with Gasteiger partial charge in [0, 0.05) is 0 Å². The van der Waals surface area contributed by atoms with Gasteiger partial charge in [0.2, 0.25) is 0 Å². The minimum absolute atomic E-state index is 0.0717. The molecule has 0 aliphatic heterocycles. The summed E-state index contributed by atoms with van der Waals surface area (Å²) in [7, 11) is 2.35. The lowest BCUT2D eigenvalue weighted by atomic mass is 10.1. The molecule has 0 amide bonds. The van der Waals surface area contributed by atoms with Crippen LogP contribution in [0.4, 0.5) is 13.2 Å². The van der Waals surface area contributed by atoms with E-state index in [1.54, 1.807) is 0 Å². The highest BCUT2D eigenvalue weighted by molar-refractivity contribution is 5.75. The lowest BCUT2D eigenvalue weighted by molar-refractivity contribution is -0.157. The van der Waals surface area contributed by atoms with Crippen LogP contribution in [0.5, 0.6) is 0 Å². The molecule has 0 aromatic carbocycles. The molecule has 0 saturated carbocycles. The molecule has 0 aliphatic carbocycles. The smallest absolute Gasteiger partial charge is 0.403 e. The zero-order valence-electron chi connectivity index (χ0n) is 8.60. The minimum atomic E-state index is -4.33. The van der Waals surface area contributed by atoms with Gasteiger partial charge in [0.1, 0.15) is 12.1 Å². The van der Waals surface area contributed by atoms with Crippen molar-refractivity contribution in [2.45, 2.75) is 31.1 Å². The third kappa shape index (κ3) is 4.98. The van der Waals surface area contributed by atoms with Crippen molar-refractivity contribution in [3.63, 3.8) is 0 Å². The molecule has 0 bridgehead atoms. The van der Waals surface area contributed by atoms with E-state index in [9.17, 15) is 18.0 Å². The molecule has 2 unspecified atom stereocenters. The first-order valence-electron chi connectivity index (χ1n) is 4.40. The number of hydrogen-bond acceptors (Lipinski definition) is 4. The normalized spacial score (nSPS) is 15.9. The number of nitrogens with one attached hydrogen (secondary N) is 1. The van der Waals surface area contributed by atoms with Crippen LogP contribution in [0.2, 0.25) is 0 Å². The lowest BCUT2D eigenvalue weighted by Crippen LogP contribution is -2.42. The Morgan fingerprint density at radius 1 is 1.47 bits per heavy atom. The number of ether oxygens (including phenoxy) is 1. The Balaban J connectivity index is 4.07. The topological polar surface area (TPSA) is 64.3 Å². The Kier molecular flexibility index (Phi) is 5.59. The number of carbonyl (C=O) groups is 1. The van der Waals surface area contributed by atoms with Gasteiger partial charge < -0.3 is 15.8 Å². The highest BCUT2D eigenvalue weighted by Crippen LogP contribution is 2.23. The Morgan fingerprint density at radius 3 is 2.33 bits per heavy atom. The van der Waals surface area contributed by atoms with Crippen LogP contribution in [-0.2, 0) is 9.53 Å². The number of nitrogens with two attached hydrogens (primary N) is 1. The fraction of sp³-hybridized carbons (Fsp3) is 0.875. The Bertz CT molecular complexity index is 209. The van der Waals surface area contributed by atoms with Gasteiger partial charge in [-0.05, 0) is 19.9 Å². The summed E-state index contributed by atoms with van der Waals surface area (Å²) >= 11 is 0. The largest absolute Gasteiger partial charge is 0.468 e. The van der Waals surface area contributed by atoms with Crippen LogP contribution in [-0.4, -0.2) is 38.4 Å². The molecule has 0 saturated heterocycles. The number of alkyl halides is 3. The Morgan fingerprint density at radius 2 is 2.00 bits per heavy atom. The molecule has 0 rings (SSSR count). The number of esters is 1. The molecule has 0 aromatic heterocycles. The molecule has 2 atom stereocenters. The van der Waals surface area contributed by atoms with E-state index in [1.807, 2.05) is 0 Å². The summed E-state index contributed by atoms with van der Waals surface area (Å²) in [6.07, 6.45) is -4.65. The molecular formula is C8H15F3N2O2. The minimum Gasteiger partial charge on any atom is -0.468 e. The molecule has 4 nitrogen and oxygen atoms in total. The average Bonchev–Trinajstić information content (AvgIpc) is 2.15. The van der Waals surface area contributed by atoms with Gasteiger partial charge in [-0.1, -0.05) is 0 Å². The van der Waals surface area contributed by atoms with Crippen LogP contribution in [0.15, 0.2) is 0 Å². The fourth-order valence-corrected chi connectivity index (χ4v) is 1.09. The molecule has 0 spiro atoms. The molecular weight excluding hydrogens is 213 g/mol. The van der Waals surface area contributed by atoms with Crippen LogP contribution in [0, 0.1) is 0 Å². The van der Waals surface area contributed by atoms with E-state index in [2.05, 4.69) is 10.1 Å². The summed E-state index contributed by atoms with van der Waals surface area (Å²) in [4.78, 5) is 10.8. The van der Waals surface area contributed by atoms with Crippen molar-refractivity contribution in [1.82, 2.24) is 5.32 Å². The first kappa shape index (κ1) is 14.2. The number of halogens is 3. The molecule has 15 heavy (non-hydrogen) atoms. The molecule has 0 fully saturated rings. The van der Waals surface area contributed by atoms with Crippen molar-refractivity contribution >= 4 is 5.97 Å². The van der Waals surface area contributed by atoms with Crippen molar-refractivity contribution in [1.29, 1.82) is 0 Å². The third-order valence-corrected chi connectivity index (χ3v) is 2.01. The third-order valence-electron chi connectivity index (χ3n) is 2.01. The lowest BCUT2D eigenvalue weighted by Gasteiger charge is -2.20. The SMILES string of the molecule is CNC(CCC(N)C(=O)OC)C(F)(F)F. The van der Waals surface area contributed by atoms with E-state index in [0.29, 0.717) is 0 Å². The predicted molar refractivity (Wildman–Crippen MR) is 48.1 cm³/mol. The monoisotopic (exact) mass is 228 g/mol. The van der Waals surface area contributed by atoms with Crippen LogP contribution in [0.25, 0.3) is 0 Å². The van der Waals surface area contributed by atoms with Crippen LogP contribution < -0.4 is 11.1 Å². The van der Waals surface area contributed by atoms with Crippen LogP contribution >= 0.6 is 0 Å². The van der Waals surface area contributed by atoms with Gasteiger partial charge in [-0.25, -0.2) is 0 Å². The highest BCUT2D eigenvalue weighted by Gasteiger charge is 2.38. The van der Waals surface area contributed by atoms with E-state index >= 15 is 0 Å². The van der Waals surface area contributed by atoms with Gasteiger partial charge in [0.15, 0.2) is 0 Å². The quantitative estimate of drug-likeness (QED) is 0.669. The van der Waals surface area contributed by atoms with E-state index in [1.165, 1.54) is 7.05 Å². The van der Waals surface area contributed by atoms with Gasteiger partial charge in [0.05, 0.1) is 7.11 Å². The van der Waals surface area contributed by atoms with Crippen LogP contribution in [0.3, 0.4) is 0 Å². The van der Waals surface area contributed by atoms with Gasteiger partial charge in [-0.3, -0.25) is 4.79 Å². The zero-order valence-corrected chi connectivity index (χ0v) is 8.60. The molecule has 0 aliphatic rings. The second kappa shape index (κ2) is 5.92. The predicted octanol–water partition coefficient (Wildman–Crippen LogP) is 0.417. The van der Waals surface area contributed by atoms with Gasteiger partial charge >= 0.3 is 12.1 Å².